The van der Waals surface area contributed by atoms with Crippen LogP contribution in [0.3, 0.4) is 0 Å². The maximum Gasteiger partial charge on any atom is 0.232 e. The molecular formula is C28H29N5O2. The van der Waals surface area contributed by atoms with Crippen LogP contribution in [-0.4, -0.2) is 34.5 Å². The number of imidazole rings is 1. The van der Waals surface area contributed by atoms with Crippen molar-refractivity contribution < 1.29 is 9.59 Å². The van der Waals surface area contributed by atoms with Gasteiger partial charge >= 0.3 is 0 Å². The summed E-state index contributed by atoms with van der Waals surface area (Å²) in [4.78, 5) is 34.4. The number of anilines is 2. The van der Waals surface area contributed by atoms with Crippen LogP contribution in [0.5, 0.6) is 0 Å². The summed E-state index contributed by atoms with van der Waals surface area (Å²) in [5.41, 5.74) is 5.53. The van der Waals surface area contributed by atoms with Crippen LogP contribution in [0.25, 0.3) is 0 Å². The van der Waals surface area contributed by atoms with Crippen LogP contribution in [0.1, 0.15) is 48.3 Å². The molecule has 2 aliphatic rings. The summed E-state index contributed by atoms with van der Waals surface area (Å²) in [6.45, 7) is 10.1. The summed E-state index contributed by atoms with van der Waals surface area (Å²) < 4.78 is 2.12. The summed E-state index contributed by atoms with van der Waals surface area (Å²) in [7, 11) is 0. The molecule has 0 aliphatic carbocycles. The van der Waals surface area contributed by atoms with Crippen molar-refractivity contribution >= 4 is 23.2 Å². The van der Waals surface area contributed by atoms with Crippen molar-refractivity contribution in [1.29, 1.82) is 5.26 Å². The Bertz CT molecular complexity index is 1380. The number of benzene rings is 2. The number of hydrogen-bond acceptors (Lipinski definition) is 4. The Kier molecular flexibility index (Phi) is 5.47. The van der Waals surface area contributed by atoms with Crippen LogP contribution < -0.4 is 9.80 Å². The Morgan fingerprint density at radius 3 is 2.74 bits per heavy atom. The van der Waals surface area contributed by atoms with Gasteiger partial charge < -0.3 is 14.4 Å². The van der Waals surface area contributed by atoms with Gasteiger partial charge in [-0.05, 0) is 54.8 Å². The van der Waals surface area contributed by atoms with Crippen molar-refractivity contribution in [2.75, 3.05) is 22.9 Å². The second kappa shape index (κ2) is 8.38. The van der Waals surface area contributed by atoms with Crippen molar-refractivity contribution in [1.82, 2.24) is 9.55 Å². The summed E-state index contributed by atoms with van der Waals surface area (Å²) >= 11 is 0. The maximum atomic E-state index is 13.7. The van der Waals surface area contributed by atoms with Gasteiger partial charge in [-0.15, -0.1) is 0 Å². The molecule has 2 aliphatic heterocycles. The number of fused-ring (bicyclic) bond motifs is 1. The third kappa shape index (κ3) is 3.89. The van der Waals surface area contributed by atoms with E-state index in [0.29, 0.717) is 24.3 Å². The molecule has 1 fully saturated rings. The highest BCUT2D eigenvalue weighted by Gasteiger charge is 2.44. The highest BCUT2D eigenvalue weighted by molar-refractivity contribution is 6.05. The van der Waals surface area contributed by atoms with Gasteiger partial charge in [0.25, 0.3) is 0 Å². The fourth-order valence-electron chi connectivity index (χ4n) is 5.59. The van der Waals surface area contributed by atoms with Gasteiger partial charge in [0.15, 0.2) is 0 Å². The van der Waals surface area contributed by atoms with Gasteiger partial charge in [-0.25, -0.2) is 4.98 Å². The van der Waals surface area contributed by atoms with E-state index in [9.17, 15) is 14.9 Å². The minimum atomic E-state index is -0.413. The number of aromatic nitrogens is 2. The van der Waals surface area contributed by atoms with Crippen LogP contribution in [0.2, 0.25) is 0 Å². The first-order valence-corrected chi connectivity index (χ1v) is 11.9. The lowest BCUT2D eigenvalue weighted by Gasteiger charge is -2.24. The SMILES string of the molecule is Cc1c(Cn2ccnc2C)ccc2c1C(C)(C)CN2C(=O)[C@H]1CC(=O)N(c2cccc(C#N)c2)C1. The number of aryl methyl sites for hydroxylation is 1. The van der Waals surface area contributed by atoms with Gasteiger partial charge in [-0.2, -0.15) is 5.26 Å². The molecule has 0 bridgehead atoms. The smallest absolute Gasteiger partial charge is 0.232 e. The predicted octanol–water partition coefficient (Wildman–Crippen LogP) is 4.10. The molecular weight excluding hydrogens is 438 g/mol. The van der Waals surface area contributed by atoms with E-state index in [0.717, 1.165) is 18.1 Å². The molecule has 7 heteroatoms. The van der Waals surface area contributed by atoms with E-state index in [4.69, 9.17) is 0 Å². The summed E-state index contributed by atoms with van der Waals surface area (Å²) in [5.74, 6) is 0.460. The van der Waals surface area contributed by atoms with E-state index < -0.39 is 5.92 Å². The summed E-state index contributed by atoms with van der Waals surface area (Å²) in [5, 5.41) is 9.20. The molecule has 0 radical (unpaired) electrons. The average molecular weight is 468 g/mol. The molecule has 7 nitrogen and oxygen atoms in total. The lowest BCUT2D eigenvalue weighted by molar-refractivity contribution is -0.124. The largest absolute Gasteiger partial charge is 0.331 e. The number of carbonyl (C=O) groups excluding carboxylic acids is 2. The summed E-state index contributed by atoms with van der Waals surface area (Å²) in [6, 6.07) is 13.3. The highest BCUT2D eigenvalue weighted by atomic mass is 16.2. The molecule has 1 aromatic heterocycles. The second-order valence-electron chi connectivity index (χ2n) is 10.2. The summed E-state index contributed by atoms with van der Waals surface area (Å²) in [6.07, 6.45) is 3.97. The van der Waals surface area contributed by atoms with Crippen LogP contribution in [0.4, 0.5) is 11.4 Å². The van der Waals surface area contributed by atoms with E-state index in [-0.39, 0.29) is 23.7 Å². The van der Waals surface area contributed by atoms with Gasteiger partial charge in [-0.3, -0.25) is 9.59 Å². The molecule has 1 atom stereocenters. The quantitative estimate of drug-likeness (QED) is 0.579. The first kappa shape index (κ1) is 22.9. The molecule has 2 amide bonds. The number of amides is 2. The van der Waals surface area contributed by atoms with Crippen molar-refractivity contribution in [3.8, 4) is 6.07 Å². The van der Waals surface area contributed by atoms with Crippen molar-refractivity contribution in [3.05, 3.63) is 76.9 Å². The molecule has 2 aromatic carbocycles. The molecule has 3 heterocycles. The highest BCUT2D eigenvalue weighted by Crippen LogP contribution is 2.44. The van der Waals surface area contributed by atoms with Crippen LogP contribution in [0, 0.1) is 31.1 Å². The Labute approximate surface area is 205 Å². The maximum absolute atomic E-state index is 13.7. The molecule has 5 rings (SSSR count). The first-order valence-electron chi connectivity index (χ1n) is 11.9. The van der Waals surface area contributed by atoms with Gasteiger partial charge in [0.05, 0.1) is 17.6 Å². The molecule has 178 valence electrons. The Morgan fingerprint density at radius 1 is 1.23 bits per heavy atom. The van der Waals surface area contributed by atoms with Crippen molar-refractivity contribution in [3.63, 3.8) is 0 Å². The molecule has 35 heavy (non-hydrogen) atoms. The minimum absolute atomic E-state index is 0.0123. The minimum Gasteiger partial charge on any atom is -0.331 e. The fourth-order valence-corrected chi connectivity index (χ4v) is 5.59. The van der Waals surface area contributed by atoms with Crippen LogP contribution in [0.15, 0.2) is 48.8 Å². The molecule has 0 saturated carbocycles. The second-order valence-corrected chi connectivity index (χ2v) is 10.2. The van der Waals surface area contributed by atoms with Crippen LogP contribution in [-0.2, 0) is 21.5 Å². The Hall–Kier alpha value is -3.92. The molecule has 0 spiro atoms. The van der Waals surface area contributed by atoms with Crippen molar-refractivity contribution in [2.24, 2.45) is 5.92 Å². The first-order chi connectivity index (χ1) is 16.7. The van der Waals surface area contributed by atoms with E-state index in [2.05, 4.69) is 48.5 Å². The number of rotatable bonds is 4. The normalized spacial score (nSPS) is 18.6. The zero-order valence-corrected chi connectivity index (χ0v) is 20.6. The molecule has 3 aromatic rings. The fraction of sp³-hybridized carbons (Fsp3) is 0.357. The van der Waals surface area contributed by atoms with E-state index in [1.807, 2.05) is 30.3 Å². The lowest BCUT2D eigenvalue weighted by Crippen LogP contribution is -2.39. The zero-order chi connectivity index (χ0) is 24.9. The van der Waals surface area contributed by atoms with Crippen molar-refractivity contribution in [2.45, 2.75) is 46.1 Å². The van der Waals surface area contributed by atoms with Gasteiger partial charge in [0.1, 0.15) is 5.82 Å². The molecule has 0 unspecified atom stereocenters. The predicted molar refractivity (Wildman–Crippen MR) is 134 cm³/mol. The van der Waals surface area contributed by atoms with Gasteiger partial charge in [0.2, 0.25) is 11.8 Å². The molecule has 0 N–H and O–H groups in total. The average Bonchev–Trinajstić information content (AvgIpc) is 3.50. The van der Waals surface area contributed by atoms with Gasteiger partial charge in [-0.1, -0.05) is 26.0 Å². The third-order valence-corrected chi connectivity index (χ3v) is 7.37. The standard InChI is InChI=1S/C28H29N5O2/c1-18-21(15-31-11-10-30-19(31)2)8-9-24-26(18)28(3,4)17-33(24)27(35)22-13-25(34)32(16-22)23-7-5-6-20(12-23)14-29/h5-12,22H,13,15-17H2,1-4H3/t22-/m0/s1. The van der Waals surface area contributed by atoms with Gasteiger partial charge in [0, 0.05) is 55.2 Å². The topological polar surface area (TPSA) is 82.2 Å². The molecule has 1 saturated heterocycles. The third-order valence-electron chi connectivity index (χ3n) is 7.37. The van der Waals surface area contributed by atoms with E-state index in [1.54, 1.807) is 23.1 Å². The number of carbonyl (C=O) groups is 2. The monoisotopic (exact) mass is 467 g/mol. The Balaban J connectivity index is 1.41. The van der Waals surface area contributed by atoms with E-state index in [1.165, 1.54) is 16.7 Å². The number of nitrogens with zero attached hydrogens (tertiary/aromatic N) is 5. The zero-order valence-electron chi connectivity index (χ0n) is 20.6. The van der Waals surface area contributed by atoms with E-state index >= 15 is 0 Å². The number of hydrogen-bond donors (Lipinski definition) is 0. The lowest BCUT2D eigenvalue weighted by atomic mass is 9.82. The Morgan fingerprint density at radius 2 is 2.03 bits per heavy atom. The van der Waals surface area contributed by atoms with Crippen LogP contribution >= 0.6 is 0 Å². The number of nitriles is 1.